The van der Waals surface area contributed by atoms with Crippen molar-refractivity contribution in [1.82, 2.24) is 0 Å². The first-order chi connectivity index (χ1) is 8.47. The van der Waals surface area contributed by atoms with Crippen molar-refractivity contribution < 1.29 is 35.7 Å². The second kappa shape index (κ2) is 4.72. The number of benzene rings is 1. The molecular weight excluding hydrogens is 289 g/mol. The van der Waals surface area contributed by atoms with Crippen LogP contribution in [0.3, 0.4) is 0 Å². The van der Waals surface area contributed by atoms with Gasteiger partial charge in [-0.2, -0.15) is 21.6 Å². The molecule has 0 radical (unpaired) electrons. The summed E-state index contributed by atoms with van der Waals surface area (Å²) in [4.78, 5) is 10.9. The summed E-state index contributed by atoms with van der Waals surface area (Å²) >= 11 is 0. The molecule has 0 atom stereocenters. The standard InChI is InChI=1S/C10H9F3O5S/c1-5-3-4-7(9(14)15)8(6(5)2)18-19(16,17)10(11,12)13/h3-4H,1-2H3,(H,14,15). The fourth-order valence-corrected chi connectivity index (χ4v) is 1.75. The molecule has 0 bridgehead atoms. The number of carboxylic acids is 1. The summed E-state index contributed by atoms with van der Waals surface area (Å²) in [6.07, 6.45) is 0. The van der Waals surface area contributed by atoms with E-state index < -0.39 is 32.9 Å². The van der Waals surface area contributed by atoms with Crippen LogP contribution in [0, 0.1) is 13.8 Å². The summed E-state index contributed by atoms with van der Waals surface area (Å²) in [5.41, 5.74) is -5.88. The summed E-state index contributed by atoms with van der Waals surface area (Å²) in [5, 5.41) is 8.82. The van der Waals surface area contributed by atoms with Gasteiger partial charge in [0, 0.05) is 0 Å². The van der Waals surface area contributed by atoms with Gasteiger partial charge < -0.3 is 9.29 Å². The number of aromatic carboxylic acids is 1. The maximum atomic E-state index is 12.2. The van der Waals surface area contributed by atoms with Gasteiger partial charge in [-0.05, 0) is 31.0 Å². The zero-order valence-electron chi connectivity index (χ0n) is 9.78. The van der Waals surface area contributed by atoms with Gasteiger partial charge in [-0.3, -0.25) is 0 Å². The van der Waals surface area contributed by atoms with Crippen LogP contribution in [-0.2, 0) is 10.1 Å². The second-order valence-corrected chi connectivity index (χ2v) is 5.21. The van der Waals surface area contributed by atoms with E-state index in [0.29, 0.717) is 5.56 Å². The normalized spacial score (nSPS) is 12.3. The minimum Gasteiger partial charge on any atom is -0.478 e. The highest BCUT2D eigenvalue weighted by Gasteiger charge is 2.49. The zero-order valence-corrected chi connectivity index (χ0v) is 10.6. The number of carbonyl (C=O) groups is 1. The van der Waals surface area contributed by atoms with Crippen LogP contribution >= 0.6 is 0 Å². The number of hydrogen-bond donors (Lipinski definition) is 1. The second-order valence-electron chi connectivity index (χ2n) is 3.67. The average Bonchev–Trinajstić information content (AvgIpc) is 2.22. The fourth-order valence-electron chi connectivity index (χ4n) is 1.22. The number of halogens is 3. The number of carboxylic acid groups (broad SMARTS) is 1. The summed E-state index contributed by atoms with van der Waals surface area (Å²) < 4.78 is 62.4. The van der Waals surface area contributed by atoms with E-state index in [1.165, 1.54) is 19.9 Å². The maximum Gasteiger partial charge on any atom is 0.534 e. The number of aryl methyl sites for hydroxylation is 1. The maximum absolute atomic E-state index is 12.2. The lowest BCUT2D eigenvalue weighted by Gasteiger charge is -2.14. The van der Waals surface area contributed by atoms with Gasteiger partial charge in [0.05, 0.1) is 0 Å². The average molecular weight is 298 g/mol. The third-order valence-corrected chi connectivity index (χ3v) is 3.34. The molecule has 9 heteroatoms. The van der Waals surface area contributed by atoms with Crippen molar-refractivity contribution in [3.63, 3.8) is 0 Å². The first-order valence-corrected chi connectivity index (χ1v) is 6.22. The molecular formula is C10H9F3O5S. The topological polar surface area (TPSA) is 80.7 Å². The zero-order chi connectivity index (χ0) is 15.0. The van der Waals surface area contributed by atoms with Crippen LogP contribution in [0.15, 0.2) is 12.1 Å². The van der Waals surface area contributed by atoms with Crippen molar-refractivity contribution in [1.29, 1.82) is 0 Å². The first kappa shape index (κ1) is 15.3. The van der Waals surface area contributed by atoms with Crippen LogP contribution in [0.2, 0.25) is 0 Å². The Hall–Kier alpha value is -1.77. The molecule has 19 heavy (non-hydrogen) atoms. The Morgan fingerprint density at radius 2 is 1.79 bits per heavy atom. The van der Waals surface area contributed by atoms with E-state index in [9.17, 15) is 26.4 Å². The molecule has 1 aromatic rings. The fraction of sp³-hybridized carbons (Fsp3) is 0.300. The molecule has 0 saturated carbocycles. The van der Waals surface area contributed by atoms with E-state index in [1.54, 1.807) is 0 Å². The van der Waals surface area contributed by atoms with Crippen molar-refractivity contribution in [2.24, 2.45) is 0 Å². The Balaban J connectivity index is 3.44. The van der Waals surface area contributed by atoms with Crippen molar-refractivity contribution in [3.8, 4) is 5.75 Å². The lowest BCUT2D eigenvalue weighted by molar-refractivity contribution is -0.0500. The Morgan fingerprint density at radius 3 is 2.21 bits per heavy atom. The molecule has 0 aliphatic carbocycles. The molecule has 0 aliphatic rings. The monoisotopic (exact) mass is 298 g/mol. The van der Waals surface area contributed by atoms with Crippen LogP contribution in [0.5, 0.6) is 5.75 Å². The molecule has 5 nitrogen and oxygen atoms in total. The van der Waals surface area contributed by atoms with Gasteiger partial charge in [-0.15, -0.1) is 0 Å². The minimum atomic E-state index is -5.91. The van der Waals surface area contributed by atoms with E-state index in [4.69, 9.17) is 5.11 Å². The smallest absolute Gasteiger partial charge is 0.478 e. The van der Waals surface area contributed by atoms with Gasteiger partial charge in [0.1, 0.15) is 5.56 Å². The van der Waals surface area contributed by atoms with Crippen molar-refractivity contribution >= 4 is 16.1 Å². The third-order valence-electron chi connectivity index (χ3n) is 2.38. The Morgan fingerprint density at radius 1 is 1.26 bits per heavy atom. The van der Waals surface area contributed by atoms with Gasteiger partial charge in [0.25, 0.3) is 0 Å². The van der Waals surface area contributed by atoms with E-state index in [-0.39, 0.29) is 5.56 Å². The van der Waals surface area contributed by atoms with Crippen LogP contribution in [0.1, 0.15) is 21.5 Å². The van der Waals surface area contributed by atoms with E-state index in [1.807, 2.05) is 0 Å². The Bertz CT molecular complexity index is 619. The van der Waals surface area contributed by atoms with E-state index in [0.717, 1.165) is 6.07 Å². The molecule has 1 N–H and O–H groups in total. The van der Waals surface area contributed by atoms with Crippen molar-refractivity contribution in [3.05, 3.63) is 28.8 Å². The molecule has 0 spiro atoms. The predicted octanol–water partition coefficient (Wildman–Crippen LogP) is 2.23. The van der Waals surface area contributed by atoms with Crippen LogP contribution < -0.4 is 4.18 Å². The van der Waals surface area contributed by atoms with Gasteiger partial charge in [0.2, 0.25) is 0 Å². The predicted molar refractivity (Wildman–Crippen MR) is 58.5 cm³/mol. The lowest BCUT2D eigenvalue weighted by Crippen LogP contribution is -2.29. The quantitative estimate of drug-likeness (QED) is 0.683. The lowest BCUT2D eigenvalue weighted by atomic mass is 10.0. The van der Waals surface area contributed by atoms with Crippen molar-refractivity contribution in [2.75, 3.05) is 0 Å². The highest BCUT2D eigenvalue weighted by Crippen LogP contribution is 2.32. The van der Waals surface area contributed by atoms with E-state index >= 15 is 0 Å². The molecule has 0 aliphatic heterocycles. The van der Waals surface area contributed by atoms with Gasteiger partial charge in [-0.1, -0.05) is 6.07 Å². The highest BCUT2D eigenvalue weighted by molar-refractivity contribution is 7.88. The molecule has 0 heterocycles. The molecule has 0 unspecified atom stereocenters. The summed E-state index contributed by atoms with van der Waals surface area (Å²) in [5.74, 6) is -2.42. The number of hydrogen-bond acceptors (Lipinski definition) is 4. The minimum absolute atomic E-state index is 0.00715. The molecule has 106 valence electrons. The number of alkyl halides is 3. The molecule has 0 aromatic heterocycles. The largest absolute Gasteiger partial charge is 0.534 e. The van der Waals surface area contributed by atoms with Crippen LogP contribution in [-0.4, -0.2) is 25.0 Å². The Kier molecular flexibility index (Phi) is 3.80. The molecule has 0 saturated heterocycles. The van der Waals surface area contributed by atoms with Crippen LogP contribution in [0.4, 0.5) is 13.2 Å². The first-order valence-electron chi connectivity index (χ1n) is 4.81. The highest BCUT2D eigenvalue weighted by atomic mass is 32.2. The van der Waals surface area contributed by atoms with Crippen molar-refractivity contribution in [2.45, 2.75) is 19.4 Å². The van der Waals surface area contributed by atoms with E-state index in [2.05, 4.69) is 4.18 Å². The van der Waals surface area contributed by atoms with Gasteiger partial charge >= 0.3 is 21.6 Å². The number of rotatable bonds is 3. The molecule has 1 rings (SSSR count). The molecule has 0 fully saturated rings. The SMILES string of the molecule is Cc1ccc(C(=O)O)c(OS(=O)(=O)C(F)(F)F)c1C. The summed E-state index contributed by atoms with van der Waals surface area (Å²) in [6.45, 7) is 2.75. The van der Waals surface area contributed by atoms with Crippen LogP contribution in [0.25, 0.3) is 0 Å². The third kappa shape index (κ3) is 2.98. The van der Waals surface area contributed by atoms with Gasteiger partial charge in [0.15, 0.2) is 5.75 Å². The molecule has 0 amide bonds. The Labute approximate surface area is 106 Å². The summed E-state index contributed by atoms with van der Waals surface area (Å²) in [6, 6.07) is 2.32. The summed E-state index contributed by atoms with van der Waals surface area (Å²) in [7, 11) is -5.91. The van der Waals surface area contributed by atoms with Gasteiger partial charge in [-0.25, -0.2) is 4.79 Å². The molecule has 1 aromatic carbocycles.